The van der Waals surface area contributed by atoms with Crippen LogP contribution in [0, 0.1) is 5.82 Å². The average Bonchev–Trinajstić information content (AvgIpc) is 2.51. The van der Waals surface area contributed by atoms with Crippen molar-refractivity contribution in [1.82, 2.24) is 0 Å². The molecule has 0 aliphatic rings. The highest BCUT2D eigenvalue weighted by Gasteiger charge is 2.17. The van der Waals surface area contributed by atoms with Crippen molar-refractivity contribution in [3.63, 3.8) is 0 Å². The van der Waals surface area contributed by atoms with Crippen LogP contribution in [0.5, 0.6) is 5.75 Å². The molecule has 2 N–H and O–H groups in total. The number of hydrogen-bond acceptors (Lipinski definition) is 4. The van der Waals surface area contributed by atoms with Gasteiger partial charge in [0.15, 0.2) is 0 Å². The molecule has 6 nitrogen and oxygen atoms in total. The highest BCUT2D eigenvalue weighted by molar-refractivity contribution is 7.92. The first-order chi connectivity index (χ1) is 11.3. The molecule has 0 atom stereocenters. The minimum Gasteiger partial charge on any atom is -0.494 e. The summed E-state index contributed by atoms with van der Waals surface area (Å²) in [6.07, 6.45) is 0. The SMILES string of the molecule is CCOc1ccc(S(=O)(=O)Nc2cc(NC(C)=O)ccc2F)cc1. The number of benzene rings is 2. The molecule has 0 heterocycles. The summed E-state index contributed by atoms with van der Waals surface area (Å²) in [5, 5.41) is 2.46. The number of rotatable bonds is 6. The van der Waals surface area contributed by atoms with Crippen molar-refractivity contribution >= 4 is 27.3 Å². The molecular weight excluding hydrogens is 335 g/mol. The Morgan fingerprint density at radius 1 is 1.17 bits per heavy atom. The fraction of sp³-hybridized carbons (Fsp3) is 0.188. The molecule has 0 aliphatic heterocycles. The third-order valence-electron chi connectivity index (χ3n) is 2.98. The molecule has 1 amide bonds. The third-order valence-corrected chi connectivity index (χ3v) is 4.36. The Balaban J connectivity index is 2.26. The van der Waals surface area contributed by atoms with Crippen molar-refractivity contribution in [3.05, 3.63) is 48.3 Å². The second-order valence-electron chi connectivity index (χ2n) is 4.89. The van der Waals surface area contributed by atoms with E-state index in [-0.39, 0.29) is 22.2 Å². The zero-order valence-corrected chi connectivity index (χ0v) is 14.0. The highest BCUT2D eigenvalue weighted by atomic mass is 32.2. The van der Waals surface area contributed by atoms with Gasteiger partial charge in [-0.1, -0.05) is 0 Å². The lowest BCUT2D eigenvalue weighted by Crippen LogP contribution is -2.14. The largest absolute Gasteiger partial charge is 0.494 e. The number of carbonyl (C=O) groups is 1. The first kappa shape index (κ1) is 17.7. The van der Waals surface area contributed by atoms with Gasteiger partial charge in [0, 0.05) is 12.6 Å². The van der Waals surface area contributed by atoms with Gasteiger partial charge >= 0.3 is 0 Å². The van der Waals surface area contributed by atoms with E-state index in [1.54, 1.807) is 0 Å². The summed E-state index contributed by atoms with van der Waals surface area (Å²) in [5.74, 6) is -0.559. The molecule has 0 bridgehead atoms. The van der Waals surface area contributed by atoms with E-state index in [1.165, 1.54) is 43.3 Å². The molecule has 2 aromatic rings. The van der Waals surface area contributed by atoms with Gasteiger partial charge < -0.3 is 10.1 Å². The Labute approximate surface area is 139 Å². The van der Waals surface area contributed by atoms with E-state index in [1.807, 2.05) is 6.92 Å². The lowest BCUT2D eigenvalue weighted by Gasteiger charge is -2.11. The van der Waals surface area contributed by atoms with Crippen LogP contribution in [0.2, 0.25) is 0 Å². The van der Waals surface area contributed by atoms with Gasteiger partial charge in [-0.25, -0.2) is 12.8 Å². The monoisotopic (exact) mass is 352 g/mol. The van der Waals surface area contributed by atoms with Crippen molar-refractivity contribution in [2.24, 2.45) is 0 Å². The number of carbonyl (C=O) groups excluding carboxylic acids is 1. The molecule has 2 rings (SSSR count). The van der Waals surface area contributed by atoms with Gasteiger partial charge in [-0.2, -0.15) is 0 Å². The number of amides is 1. The first-order valence-electron chi connectivity index (χ1n) is 7.14. The molecule has 0 aliphatic carbocycles. The van der Waals surface area contributed by atoms with Gasteiger partial charge in [-0.15, -0.1) is 0 Å². The number of anilines is 2. The van der Waals surface area contributed by atoms with Gasteiger partial charge in [0.05, 0.1) is 17.2 Å². The lowest BCUT2D eigenvalue weighted by atomic mass is 10.2. The second kappa shape index (κ2) is 7.31. The van der Waals surface area contributed by atoms with E-state index in [0.29, 0.717) is 12.4 Å². The summed E-state index contributed by atoms with van der Waals surface area (Å²) >= 11 is 0. The Morgan fingerprint density at radius 3 is 2.42 bits per heavy atom. The van der Waals surface area contributed by atoms with Crippen LogP contribution in [0.1, 0.15) is 13.8 Å². The van der Waals surface area contributed by atoms with E-state index in [0.717, 1.165) is 6.07 Å². The van der Waals surface area contributed by atoms with Crippen LogP contribution in [-0.2, 0) is 14.8 Å². The number of nitrogens with one attached hydrogen (secondary N) is 2. The summed E-state index contributed by atoms with van der Waals surface area (Å²) in [6, 6.07) is 9.38. The van der Waals surface area contributed by atoms with Gasteiger partial charge in [0.2, 0.25) is 5.91 Å². The van der Waals surface area contributed by atoms with Crippen LogP contribution in [0.3, 0.4) is 0 Å². The van der Waals surface area contributed by atoms with E-state index in [2.05, 4.69) is 10.0 Å². The van der Waals surface area contributed by atoms with Gasteiger partial charge in [-0.3, -0.25) is 9.52 Å². The van der Waals surface area contributed by atoms with Crippen LogP contribution >= 0.6 is 0 Å². The maximum Gasteiger partial charge on any atom is 0.261 e. The quantitative estimate of drug-likeness (QED) is 0.837. The Bertz CT molecular complexity index is 836. The predicted molar refractivity (Wildman–Crippen MR) is 89.1 cm³/mol. The smallest absolute Gasteiger partial charge is 0.261 e. The molecule has 0 radical (unpaired) electrons. The summed E-state index contributed by atoms with van der Waals surface area (Å²) in [4.78, 5) is 11.0. The van der Waals surface area contributed by atoms with Crippen LogP contribution < -0.4 is 14.8 Å². The molecule has 0 spiro atoms. The molecule has 0 unspecified atom stereocenters. The van der Waals surface area contributed by atoms with Crippen molar-refractivity contribution < 1.29 is 22.3 Å². The summed E-state index contributed by atoms with van der Waals surface area (Å²) in [5.41, 5.74) is 0.0310. The van der Waals surface area contributed by atoms with Crippen molar-refractivity contribution in [2.75, 3.05) is 16.6 Å². The molecule has 128 valence electrons. The number of halogens is 1. The molecule has 24 heavy (non-hydrogen) atoms. The van der Waals surface area contributed by atoms with E-state index in [4.69, 9.17) is 4.74 Å². The number of sulfonamides is 1. The van der Waals surface area contributed by atoms with Crippen molar-refractivity contribution in [1.29, 1.82) is 0 Å². The molecule has 0 fully saturated rings. The number of ether oxygens (including phenoxy) is 1. The fourth-order valence-electron chi connectivity index (χ4n) is 1.97. The predicted octanol–water partition coefficient (Wildman–Crippen LogP) is 2.98. The Kier molecular flexibility index (Phi) is 5.40. The van der Waals surface area contributed by atoms with Crippen LogP contribution in [0.25, 0.3) is 0 Å². The molecule has 2 aromatic carbocycles. The van der Waals surface area contributed by atoms with Crippen molar-refractivity contribution in [2.45, 2.75) is 18.7 Å². The summed E-state index contributed by atoms with van der Waals surface area (Å²) in [7, 11) is -3.97. The minimum absolute atomic E-state index is 0.0321. The van der Waals surface area contributed by atoms with Crippen LogP contribution in [0.4, 0.5) is 15.8 Å². The zero-order valence-electron chi connectivity index (χ0n) is 13.2. The van der Waals surface area contributed by atoms with Gasteiger partial charge in [-0.05, 0) is 49.4 Å². The number of hydrogen-bond donors (Lipinski definition) is 2. The lowest BCUT2D eigenvalue weighted by molar-refractivity contribution is -0.114. The summed E-state index contributed by atoms with van der Waals surface area (Å²) < 4.78 is 46.0. The van der Waals surface area contributed by atoms with E-state index < -0.39 is 15.8 Å². The molecule has 0 saturated heterocycles. The first-order valence-corrected chi connectivity index (χ1v) is 8.63. The van der Waals surface area contributed by atoms with Crippen LogP contribution in [-0.4, -0.2) is 20.9 Å². The normalized spacial score (nSPS) is 11.0. The standard InChI is InChI=1S/C16H17FN2O4S/c1-3-23-13-5-7-14(8-6-13)24(21,22)19-16-10-12(18-11(2)20)4-9-15(16)17/h4-10,19H,3H2,1-2H3,(H,18,20). The molecule has 8 heteroatoms. The Morgan fingerprint density at radius 2 is 1.83 bits per heavy atom. The minimum atomic E-state index is -3.97. The fourth-order valence-corrected chi connectivity index (χ4v) is 3.03. The molecule has 0 saturated carbocycles. The van der Waals surface area contributed by atoms with Gasteiger partial charge in [0.1, 0.15) is 11.6 Å². The Hall–Kier alpha value is -2.61. The maximum absolute atomic E-state index is 13.9. The van der Waals surface area contributed by atoms with E-state index >= 15 is 0 Å². The van der Waals surface area contributed by atoms with E-state index in [9.17, 15) is 17.6 Å². The van der Waals surface area contributed by atoms with Crippen LogP contribution in [0.15, 0.2) is 47.4 Å². The third kappa shape index (κ3) is 4.45. The van der Waals surface area contributed by atoms with Crippen molar-refractivity contribution in [3.8, 4) is 5.75 Å². The van der Waals surface area contributed by atoms with Gasteiger partial charge in [0.25, 0.3) is 10.0 Å². The average molecular weight is 352 g/mol. The second-order valence-corrected chi connectivity index (χ2v) is 6.57. The zero-order chi connectivity index (χ0) is 17.7. The maximum atomic E-state index is 13.9. The topological polar surface area (TPSA) is 84.5 Å². The highest BCUT2D eigenvalue weighted by Crippen LogP contribution is 2.24. The molecule has 0 aromatic heterocycles. The molecular formula is C16H17FN2O4S. The summed E-state index contributed by atoms with van der Waals surface area (Å²) in [6.45, 7) is 3.58.